The van der Waals surface area contributed by atoms with Crippen molar-refractivity contribution in [1.29, 1.82) is 0 Å². The van der Waals surface area contributed by atoms with E-state index in [0.29, 0.717) is 31.7 Å². The summed E-state index contributed by atoms with van der Waals surface area (Å²) in [4.78, 5) is 33.5. The average Bonchev–Trinajstić information content (AvgIpc) is 3.37. The Balaban J connectivity index is 1.25. The highest BCUT2D eigenvalue weighted by atomic mass is 32.1. The molecule has 7 heteroatoms. The van der Waals surface area contributed by atoms with Gasteiger partial charge in [0.15, 0.2) is 0 Å². The normalized spacial score (nSPS) is 18.1. The van der Waals surface area contributed by atoms with E-state index in [2.05, 4.69) is 11.1 Å². The SMILES string of the molecule is NC1(C(=O)N2CCN(C(=O)c3ccc(-c4nc5ccccc5s4)cc3)CC2)CC1. The second-order valence-corrected chi connectivity index (χ2v) is 8.84. The maximum Gasteiger partial charge on any atom is 0.253 e. The number of fused-ring (bicyclic) bond motifs is 1. The molecule has 3 aromatic rings. The minimum atomic E-state index is -0.636. The van der Waals surface area contributed by atoms with E-state index in [1.807, 2.05) is 47.4 Å². The highest BCUT2D eigenvalue weighted by Gasteiger charge is 2.48. The first-order chi connectivity index (χ1) is 14.0. The van der Waals surface area contributed by atoms with E-state index in [0.717, 1.165) is 33.6 Å². The fourth-order valence-electron chi connectivity index (χ4n) is 3.71. The minimum Gasteiger partial charge on any atom is -0.338 e. The van der Waals surface area contributed by atoms with Gasteiger partial charge in [-0.15, -0.1) is 11.3 Å². The van der Waals surface area contributed by atoms with E-state index in [-0.39, 0.29) is 11.8 Å². The third-order valence-corrected chi connectivity index (χ3v) is 6.83. The summed E-state index contributed by atoms with van der Waals surface area (Å²) in [6.45, 7) is 2.18. The fraction of sp³-hybridized carbons (Fsp3) is 0.318. The van der Waals surface area contributed by atoms with Gasteiger partial charge >= 0.3 is 0 Å². The molecule has 1 aromatic heterocycles. The summed E-state index contributed by atoms with van der Waals surface area (Å²) < 4.78 is 1.15. The molecule has 0 bridgehead atoms. The van der Waals surface area contributed by atoms with Crippen molar-refractivity contribution in [2.75, 3.05) is 26.2 Å². The number of carbonyl (C=O) groups excluding carboxylic acids is 2. The van der Waals surface area contributed by atoms with Gasteiger partial charge in [-0.3, -0.25) is 9.59 Å². The lowest BCUT2D eigenvalue weighted by atomic mass is 10.1. The molecule has 2 amide bonds. The predicted octanol–water partition coefficient (Wildman–Crippen LogP) is 2.74. The van der Waals surface area contributed by atoms with Crippen molar-refractivity contribution in [2.24, 2.45) is 5.73 Å². The Labute approximate surface area is 172 Å². The lowest BCUT2D eigenvalue weighted by Gasteiger charge is -2.36. The number of rotatable bonds is 3. The lowest BCUT2D eigenvalue weighted by molar-refractivity contribution is -0.135. The molecule has 0 atom stereocenters. The Morgan fingerprint density at radius 3 is 2.24 bits per heavy atom. The number of piperazine rings is 1. The van der Waals surface area contributed by atoms with Crippen molar-refractivity contribution >= 4 is 33.4 Å². The van der Waals surface area contributed by atoms with E-state index < -0.39 is 5.54 Å². The van der Waals surface area contributed by atoms with Gasteiger partial charge in [0, 0.05) is 37.3 Å². The topological polar surface area (TPSA) is 79.5 Å². The van der Waals surface area contributed by atoms with Gasteiger partial charge < -0.3 is 15.5 Å². The van der Waals surface area contributed by atoms with Crippen LogP contribution in [-0.2, 0) is 4.79 Å². The quantitative estimate of drug-likeness (QED) is 0.725. The third kappa shape index (κ3) is 3.41. The van der Waals surface area contributed by atoms with E-state index in [1.54, 1.807) is 16.2 Å². The Morgan fingerprint density at radius 1 is 0.931 bits per heavy atom. The summed E-state index contributed by atoms with van der Waals surface area (Å²) in [6, 6.07) is 15.7. The number of benzene rings is 2. The lowest BCUT2D eigenvalue weighted by Crippen LogP contribution is -2.55. The molecular formula is C22H22N4O2S. The molecule has 148 valence electrons. The maximum absolute atomic E-state index is 12.9. The molecule has 1 aliphatic carbocycles. The van der Waals surface area contributed by atoms with Crippen LogP contribution < -0.4 is 5.73 Å². The molecule has 2 heterocycles. The fourth-order valence-corrected chi connectivity index (χ4v) is 4.68. The van der Waals surface area contributed by atoms with E-state index in [9.17, 15) is 9.59 Å². The Bertz CT molecular complexity index is 1050. The molecule has 0 unspecified atom stereocenters. The van der Waals surface area contributed by atoms with Crippen molar-refractivity contribution in [3.8, 4) is 10.6 Å². The average molecular weight is 407 g/mol. The number of hydrogen-bond donors (Lipinski definition) is 1. The summed E-state index contributed by atoms with van der Waals surface area (Å²) in [6.07, 6.45) is 1.54. The number of nitrogens with zero attached hydrogens (tertiary/aromatic N) is 3. The molecule has 0 radical (unpaired) electrons. The molecule has 1 saturated heterocycles. The summed E-state index contributed by atoms with van der Waals surface area (Å²) in [5, 5.41) is 0.952. The molecule has 2 N–H and O–H groups in total. The summed E-state index contributed by atoms with van der Waals surface area (Å²) >= 11 is 1.65. The molecule has 2 aliphatic rings. The van der Waals surface area contributed by atoms with Crippen LogP contribution in [0.5, 0.6) is 0 Å². The monoisotopic (exact) mass is 406 g/mol. The number of carbonyl (C=O) groups is 2. The molecule has 1 saturated carbocycles. The van der Waals surface area contributed by atoms with Gasteiger partial charge in [-0.05, 0) is 37.1 Å². The number of aromatic nitrogens is 1. The number of hydrogen-bond acceptors (Lipinski definition) is 5. The van der Waals surface area contributed by atoms with Crippen LogP contribution in [-0.4, -0.2) is 58.3 Å². The van der Waals surface area contributed by atoms with Crippen LogP contribution in [0.2, 0.25) is 0 Å². The molecule has 2 fully saturated rings. The van der Waals surface area contributed by atoms with Gasteiger partial charge in [0.1, 0.15) is 5.01 Å². The third-order valence-electron chi connectivity index (χ3n) is 5.74. The van der Waals surface area contributed by atoms with Gasteiger partial charge in [-0.25, -0.2) is 4.98 Å². The van der Waals surface area contributed by atoms with Crippen LogP contribution in [0.4, 0.5) is 0 Å². The largest absolute Gasteiger partial charge is 0.338 e. The first kappa shape index (κ1) is 18.3. The zero-order valence-electron chi connectivity index (χ0n) is 16.0. The summed E-state index contributed by atoms with van der Waals surface area (Å²) in [5.41, 5.74) is 8.04. The predicted molar refractivity (Wildman–Crippen MR) is 114 cm³/mol. The molecule has 6 nitrogen and oxygen atoms in total. The first-order valence-corrected chi connectivity index (χ1v) is 10.7. The van der Waals surface area contributed by atoms with Crippen molar-refractivity contribution in [1.82, 2.24) is 14.8 Å². The first-order valence-electron chi connectivity index (χ1n) is 9.87. The smallest absolute Gasteiger partial charge is 0.253 e. The number of nitrogens with two attached hydrogens (primary N) is 1. The van der Waals surface area contributed by atoms with Gasteiger partial charge in [-0.1, -0.05) is 24.3 Å². The van der Waals surface area contributed by atoms with E-state index in [1.165, 1.54) is 0 Å². The van der Waals surface area contributed by atoms with E-state index in [4.69, 9.17) is 5.73 Å². The van der Waals surface area contributed by atoms with Crippen LogP contribution in [0.3, 0.4) is 0 Å². The van der Waals surface area contributed by atoms with Crippen molar-refractivity contribution in [2.45, 2.75) is 18.4 Å². The van der Waals surface area contributed by atoms with Gasteiger partial charge in [-0.2, -0.15) is 0 Å². The molecule has 5 rings (SSSR count). The Hall–Kier alpha value is -2.77. The van der Waals surface area contributed by atoms with Gasteiger partial charge in [0.2, 0.25) is 5.91 Å². The number of thiazole rings is 1. The summed E-state index contributed by atoms with van der Waals surface area (Å²) in [7, 11) is 0. The van der Waals surface area contributed by atoms with Crippen molar-refractivity contribution in [3.05, 3.63) is 54.1 Å². The molecule has 29 heavy (non-hydrogen) atoms. The Morgan fingerprint density at radius 2 is 1.59 bits per heavy atom. The number of para-hydroxylation sites is 1. The maximum atomic E-state index is 12.9. The van der Waals surface area contributed by atoms with Crippen molar-refractivity contribution < 1.29 is 9.59 Å². The second kappa shape index (κ2) is 6.93. The zero-order chi connectivity index (χ0) is 20.0. The van der Waals surface area contributed by atoms with Gasteiger partial charge in [0.25, 0.3) is 5.91 Å². The highest BCUT2D eigenvalue weighted by molar-refractivity contribution is 7.21. The van der Waals surface area contributed by atoms with Crippen LogP contribution in [0.1, 0.15) is 23.2 Å². The van der Waals surface area contributed by atoms with Crippen LogP contribution in [0.25, 0.3) is 20.8 Å². The summed E-state index contributed by atoms with van der Waals surface area (Å²) in [5.74, 6) is 0.0339. The Kier molecular flexibility index (Phi) is 4.37. The standard InChI is InChI=1S/C22H22N4O2S/c23-22(9-10-22)21(28)26-13-11-25(12-14-26)20(27)16-7-5-15(6-8-16)19-24-17-3-1-2-4-18(17)29-19/h1-8H,9-14,23H2. The second-order valence-electron chi connectivity index (χ2n) is 7.80. The van der Waals surface area contributed by atoms with E-state index >= 15 is 0 Å². The highest BCUT2D eigenvalue weighted by Crippen LogP contribution is 2.34. The van der Waals surface area contributed by atoms with Crippen LogP contribution in [0.15, 0.2) is 48.5 Å². The molecule has 0 spiro atoms. The van der Waals surface area contributed by atoms with Gasteiger partial charge in [0.05, 0.1) is 15.8 Å². The molecule has 1 aliphatic heterocycles. The van der Waals surface area contributed by atoms with Crippen LogP contribution >= 0.6 is 11.3 Å². The zero-order valence-corrected chi connectivity index (χ0v) is 16.8. The van der Waals surface area contributed by atoms with Crippen molar-refractivity contribution in [3.63, 3.8) is 0 Å². The molecular weight excluding hydrogens is 384 g/mol. The van der Waals surface area contributed by atoms with Crippen LogP contribution in [0, 0.1) is 0 Å². The minimum absolute atomic E-state index is 0.00170. The molecule has 2 aromatic carbocycles. The number of amides is 2.